The Bertz CT molecular complexity index is 1650. The first-order valence-electron chi connectivity index (χ1n) is 13.1. The highest BCUT2D eigenvalue weighted by Crippen LogP contribution is 2.32. The van der Waals surface area contributed by atoms with Gasteiger partial charge in [0.05, 0.1) is 17.3 Å². The molecule has 0 spiro atoms. The average molecular weight is 564 g/mol. The van der Waals surface area contributed by atoms with Gasteiger partial charge in [-0.05, 0) is 44.2 Å². The number of aromatic amines is 1. The number of fused-ring (bicyclic) bond motifs is 1. The number of aryl methyl sites for hydroxylation is 1. The SMILES string of the molecule is CC[C@H](C(=O)Nc1nccc2c(-c3nc(Nc4cccc(S(C)(=O)=O)n4)ncc3C)c[nH]c12)N1CCN(C)CC1. The lowest BCUT2D eigenvalue weighted by Crippen LogP contribution is -2.52. The highest BCUT2D eigenvalue weighted by molar-refractivity contribution is 7.90. The van der Waals surface area contributed by atoms with Gasteiger partial charge in [0.2, 0.25) is 11.9 Å². The van der Waals surface area contributed by atoms with Crippen LogP contribution < -0.4 is 10.6 Å². The van der Waals surface area contributed by atoms with Gasteiger partial charge in [0, 0.05) is 62.0 Å². The zero-order valence-corrected chi connectivity index (χ0v) is 23.8. The smallest absolute Gasteiger partial charge is 0.242 e. The molecule has 0 unspecified atom stereocenters. The number of anilines is 3. The van der Waals surface area contributed by atoms with E-state index in [0.29, 0.717) is 29.3 Å². The van der Waals surface area contributed by atoms with Crippen molar-refractivity contribution in [2.75, 3.05) is 50.1 Å². The number of sulfone groups is 1. The normalized spacial score (nSPS) is 15.7. The lowest BCUT2D eigenvalue weighted by molar-refractivity contribution is -0.122. The molecule has 0 aliphatic carbocycles. The van der Waals surface area contributed by atoms with E-state index in [-0.39, 0.29) is 22.9 Å². The maximum absolute atomic E-state index is 13.3. The van der Waals surface area contributed by atoms with Crippen LogP contribution in [0.1, 0.15) is 18.9 Å². The third-order valence-corrected chi connectivity index (χ3v) is 8.07. The zero-order chi connectivity index (χ0) is 28.4. The minimum Gasteiger partial charge on any atom is -0.357 e. The van der Waals surface area contributed by atoms with Gasteiger partial charge in [-0.3, -0.25) is 9.69 Å². The average Bonchev–Trinajstić information content (AvgIpc) is 3.36. The lowest BCUT2D eigenvalue weighted by Gasteiger charge is -2.36. The molecule has 0 bridgehead atoms. The van der Waals surface area contributed by atoms with E-state index in [9.17, 15) is 13.2 Å². The number of carbonyl (C=O) groups excluding carboxylic acids is 1. The summed E-state index contributed by atoms with van der Waals surface area (Å²) < 4.78 is 23.8. The van der Waals surface area contributed by atoms with E-state index in [1.165, 1.54) is 6.07 Å². The fourth-order valence-corrected chi connectivity index (χ4v) is 5.46. The fourth-order valence-electron chi connectivity index (χ4n) is 4.87. The standard InChI is InChI=1S/C27H33N9O3S/c1-5-20(36-13-11-35(3)12-14-36)26(37)34-25-24-18(9-10-28-25)19(16-29-24)23-17(2)15-30-27(33-23)32-21-7-6-8-22(31-21)40(4,38)39/h6-10,15-16,20,29H,5,11-14H2,1-4H3,(H,28,34,37)(H,30,31,32,33)/t20-/m1/s1. The number of hydrogen-bond donors (Lipinski definition) is 3. The monoisotopic (exact) mass is 563 g/mol. The lowest BCUT2D eigenvalue weighted by atomic mass is 10.1. The summed E-state index contributed by atoms with van der Waals surface area (Å²) in [4.78, 5) is 38.7. The molecule has 1 aliphatic heterocycles. The Morgan fingerprint density at radius 2 is 1.90 bits per heavy atom. The maximum Gasteiger partial charge on any atom is 0.242 e. The molecular weight excluding hydrogens is 530 g/mol. The van der Waals surface area contributed by atoms with Crippen molar-refractivity contribution in [3.05, 3.63) is 48.4 Å². The first-order chi connectivity index (χ1) is 19.1. The fraction of sp³-hybridized carbons (Fsp3) is 0.370. The number of likely N-dealkylation sites (N-methyl/N-ethyl adjacent to an activating group) is 1. The molecule has 4 aromatic heterocycles. The van der Waals surface area contributed by atoms with E-state index < -0.39 is 9.84 Å². The number of hydrogen-bond acceptors (Lipinski definition) is 10. The van der Waals surface area contributed by atoms with Crippen molar-refractivity contribution in [3.63, 3.8) is 0 Å². The first-order valence-corrected chi connectivity index (χ1v) is 15.0. The molecule has 4 aromatic rings. The van der Waals surface area contributed by atoms with E-state index in [1.807, 2.05) is 26.1 Å². The van der Waals surface area contributed by atoms with Crippen LogP contribution in [0.25, 0.3) is 22.2 Å². The Balaban J connectivity index is 1.41. The molecule has 0 aromatic carbocycles. The molecule has 0 radical (unpaired) electrons. The summed E-state index contributed by atoms with van der Waals surface area (Å²) in [5.74, 6) is 0.982. The van der Waals surface area contributed by atoms with E-state index in [4.69, 9.17) is 4.98 Å². The number of aromatic nitrogens is 5. The van der Waals surface area contributed by atoms with Crippen LogP contribution in [0.2, 0.25) is 0 Å². The number of H-pyrrole nitrogens is 1. The minimum atomic E-state index is -3.46. The highest BCUT2D eigenvalue weighted by atomic mass is 32.2. The van der Waals surface area contributed by atoms with Crippen LogP contribution in [0.5, 0.6) is 0 Å². The van der Waals surface area contributed by atoms with E-state index in [2.05, 4.69) is 47.4 Å². The Kier molecular flexibility index (Phi) is 7.79. The number of piperazine rings is 1. The van der Waals surface area contributed by atoms with Gasteiger partial charge in [-0.2, -0.15) is 0 Å². The molecule has 0 saturated carbocycles. The number of rotatable bonds is 8. The van der Waals surface area contributed by atoms with Gasteiger partial charge in [0.1, 0.15) is 5.82 Å². The quantitative estimate of drug-likeness (QED) is 0.292. The van der Waals surface area contributed by atoms with Crippen molar-refractivity contribution in [2.45, 2.75) is 31.3 Å². The topological polar surface area (TPSA) is 149 Å². The summed E-state index contributed by atoms with van der Waals surface area (Å²) in [5, 5.41) is 6.86. The van der Waals surface area contributed by atoms with Crippen molar-refractivity contribution in [1.82, 2.24) is 34.7 Å². The largest absolute Gasteiger partial charge is 0.357 e. The molecule has 1 amide bonds. The summed E-state index contributed by atoms with van der Waals surface area (Å²) in [6.45, 7) is 7.51. The number of carbonyl (C=O) groups is 1. The van der Waals surface area contributed by atoms with Crippen LogP contribution in [0.4, 0.5) is 17.6 Å². The van der Waals surface area contributed by atoms with E-state index in [0.717, 1.165) is 48.9 Å². The van der Waals surface area contributed by atoms with Gasteiger partial charge in [-0.1, -0.05) is 13.0 Å². The molecule has 210 valence electrons. The van der Waals surface area contributed by atoms with Crippen LogP contribution in [0.15, 0.2) is 47.9 Å². The van der Waals surface area contributed by atoms with Gasteiger partial charge in [-0.25, -0.2) is 28.4 Å². The molecule has 1 atom stereocenters. The van der Waals surface area contributed by atoms with Crippen LogP contribution in [0.3, 0.4) is 0 Å². The number of amides is 1. The van der Waals surface area contributed by atoms with Crippen molar-refractivity contribution >= 4 is 44.2 Å². The third-order valence-electron chi connectivity index (χ3n) is 7.08. The van der Waals surface area contributed by atoms with E-state index in [1.54, 1.807) is 24.5 Å². The van der Waals surface area contributed by atoms with E-state index >= 15 is 0 Å². The summed E-state index contributed by atoms with van der Waals surface area (Å²) in [5.41, 5.74) is 3.04. The van der Waals surface area contributed by atoms with Gasteiger partial charge >= 0.3 is 0 Å². The number of nitrogens with zero attached hydrogens (tertiary/aromatic N) is 6. The number of nitrogens with one attached hydrogen (secondary N) is 3. The predicted molar refractivity (Wildman–Crippen MR) is 154 cm³/mol. The molecule has 12 nitrogen and oxygen atoms in total. The Morgan fingerprint density at radius 1 is 1.12 bits per heavy atom. The second-order valence-electron chi connectivity index (χ2n) is 10.0. The van der Waals surface area contributed by atoms with Crippen molar-refractivity contribution in [1.29, 1.82) is 0 Å². The molecule has 5 heterocycles. The molecule has 13 heteroatoms. The summed E-state index contributed by atoms with van der Waals surface area (Å²) >= 11 is 0. The summed E-state index contributed by atoms with van der Waals surface area (Å²) in [6.07, 6.45) is 7.01. The van der Waals surface area contributed by atoms with Gasteiger partial charge in [-0.15, -0.1) is 0 Å². The highest BCUT2D eigenvalue weighted by Gasteiger charge is 2.27. The Hall–Kier alpha value is -3.94. The van der Waals surface area contributed by atoms with Crippen molar-refractivity contribution < 1.29 is 13.2 Å². The molecule has 1 saturated heterocycles. The van der Waals surface area contributed by atoms with Gasteiger partial charge in [0.15, 0.2) is 20.7 Å². The molecule has 3 N–H and O–H groups in total. The van der Waals surface area contributed by atoms with Gasteiger partial charge in [0.25, 0.3) is 0 Å². The van der Waals surface area contributed by atoms with Crippen LogP contribution in [0, 0.1) is 6.92 Å². The van der Waals surface area contributed by atoms with Crippen LogP contribution in [-0.2, 0) is 14.6 Å². The molecule has 1 aliphatic rings. The molecule has 5 rings (SSSR count). The summed E-state index contributed by atoms with van der Waals surface area (Å²) in [6, 6.07) is 6.34. The van der Waals surface area contributed by atoms with Crippen molar-refractivity contribution in [3.8, 4) is 11.3 Å². The van der Waals surface area contributed by atoms with Crippen LogP contribution >= 0.6 is 0 Å². The van der Waals surface area contributed by atoms with Crippen molar-refractivity contribution in [2.24, 2.45) is 0 Å². The predicted octanol–water partition coefficient (Wildman–Crippen LogP) is 2.83. The Labute approximate surface area is 233 Å². The second-order valence-corrected chi connectivity index (χ2v) is 12.0. The minimum absolute atomic E-state index is 0.0403. The molecule has 1 fully saturated rings. The maximum atomic E-state index is 13.3. The first kappa shape index (κ1) is 27.6. The third kappa shape index (κ3) is 5.81. The molecule has 40 heavy (non-hydrogen) atoms. The van der Waals surface area contributed by atoms with Gasteiger partial charge < -0.3 is 20.5 Å². The number of pyridine rings is 2. The molecular formula is C27H33N9O3S. The summed E-state index contributed by atoms with van der Waals surface area (Å²) in [7, 11) is -1.36. The second kappa shape index (κ2) is 11.3. The Morgan fingerprint density at radius 3 is 2.62 bits per heavy atom. The van der Waals surface area contributed by atoms with Crippen LogP contribution in [-0.4, -0.2) is 94.6 Å². The zero-order valence-electron chi connectivity index (χ0n) is 23.0.